The van der Waals surface area contributed by atoms with E-state index in [-0.39, 0.29) is 0 Å². The first kappa shape index (κ1) is 27.5. The molecule has 2 heterocycles. The van der Waals surface area contributed by atoms with Gasteiger partial charge in [-0.05, 0) is 88.1 Å². The number of anilines is 3. The van der Waals surface area contributed by atoms with Crippen molar-refractivity contribution in [2.24, 2.45) is 0 Å². The summed E-state index contributed by atoms with van der Waals surface area (Å²) >= 11 is 0. The number of furan rings is 2. The maximum atomic E-state index is 6.95. The Morgan fingerprint density at radius 3 is 1.80 bits per heavy atom. The van der Waals surface area contributed by atoms with E-state index in [1.165, 1.54) is 21.9 Å². The average molecular weight is 628 g/mol. The number of benzene rings is 8. The van der Waals surface area contributed by atoms with Crippen LogP contribution in [0.3, 0.4) is 0 Å². The van der Waals surface area contributed by atoms with Gasteiger partial charge in [0.1, 0.15) is 22.3 Å². The zero-order chi connectivity index (χ0) is 32.3. The van der Waals surface area contributed by atoms with Crippen LogP contribution in [0.15, 0.2) is 185 Å². The lowest BCUT2D eigenvalue weighted by atomic mass is 9.95. The van der Waals surface area contributed by atoms with E-state index in [1.807, 2.05) is 24.3 Å². The van der Waals surface area contributed by atoms with Crippen molar-refractivity contribution in [3.8, 4) is 22.3 Å². The fraction of sp³-hybridized carbons (Fsp3) is 0. The first-order valence-electron chi connectivity index (χ1n) is 16.6. The van der Waals surface area contributed by atoms with Gasteiger partial charge in [0.2, 0.25) is 0 Å². The van der Waals surface area contributed by atoms with Gasteiger partial charge in [0, 0.05) is 38.5 Å². The number of nitrogens with zero attached hydrogens (tertiary/aromatic N) is 1. The summed E-state index contributed by atoms with van der Waals surface area (Å²) in [6.45, 7) is 0. The van der Waals surface area contributed by atoms with Crippen molar-refractivity contribution in [2.75, 3.05) is 4.90 Å². The van der Waals surface area contributed by atoms with E-state index < -0.39 is 0 Å². The molecule has 10 aromatic rings. The Morgan fingerprint density at radius 2 is 0.980 bits per heavy atom. The molecule has 3 heteroatoms. The Morgan fingerprint density at radius 1 is 0.367 bits per heavy atom. The predicted octanol–water partition coefficient (Wildman–Crippen LogP) is 13.4. The van der Waals surface area contributed by atoms with Gasteiger partial charge in [0.15, 0.2) is 0 Å². The molecule has 0 atom stereocenters. The minimum absolute atomic E-state index is 0.840. The van der Waals surface area contributed by atoms with Gasteiger partial charge in [-0.1, -0.05) is 115 Å². The van der Waals surface area contributed by atoms with Crippen molar-refractivity contribution in [3.05, 3.63) is 176 Å². The highest BCUT2D eigenvalue weighted by molar-refractivity contribution is 6.27. The van der Waals surface area contributed by atoms with Crippen molar-refractivity contribution in [3.63, 3.8) is 0 Å². The molecular formula is C46H29NO2. The lowest BCUT2D eigenvalue weighted by Gasteiger charge is -2.28. The topological polar surface area (TPSA) is 29.5 Å². The number of para-hydroxylation sites is 2. The van der Waals surface area contributed by atoms with Gasteiger partial charge >= 0.3 is 0 Å². The summed E-state index contributed by atoms with van der Waals surface area (Å²) in [7, 11) is 0. The van der Waals surface area contributed by atoms with E-state index in [0.29, 0.717) is 0 Å². The van der Waals surface area contributed by atoms with Crippen LogP contribution in [0.5, 0.6) is 0 Å². The fourth-order valence-corrected chi connectivity index (χ4v) is 7.38. The average Bonchev–Trinajstić information content (AvgIpc) is 3.74. The summed E-state index contributed by atoms with van der Waals surface area (Å²) in [5.74, 6) is 0. The van der Waals surface area contributed by atoms with E-state index in [1.54, 1.807) is 0 Å². The molecule has 0 aliphatic rings. The zero-order valence-corrected chi connectivity index (χ0v) is 26.5. The van der Waals surface area contributed by atoms with Crippen LogP contribution in [0.2, 0.25) is 0 Å². The summed E-state index contributed by atoms with van der Waals surface area (Å²) in [5, 5.41) is 6.69. The zero-order valence-electron chi connectivity index (χ0n) is 26.5. The molecule has 3 nitrogen and oxygen atoms in total. The van der Waals surface area contributed by atoms with Crippen LogP contribution in [0.4, 0.5) is 17.1 Å². The van der Waals surface area contributed by atoms with E-state index >= 15 is 0 Å². The van der Waals surface area contributed by atoms with Gasteiger partial charge in [-0.3, -0.25) is 0 Å². The Hall–Kier alpha value is -6.58. The molecule has 0 amide bonds. The number of hydrogen-bond acceptors (Lipinski definition) is 3. The Balaban J connectivity index is 1.28. The SMILES string of the molecule is c1ccc(-c2ccc(N(c3ccccc3)c3ccc4c(oc5ccc6oc7ccccc7c6c54)c3-c3ccc4ccccc4c3)cc2)cc1. The molecule has 230 valence electrons. The third-order valence-corrected chi connectivity index (χ3v) is 9.65. The number of fused-ring (bicyclic) bond motifs is 8. The van der Waals surface area contributed by atoms with Crippen LogP contribution in [0.25, 0.3) is 76.9 Å². The Bertz CT molecular complexity index is 2810. The second kappa shape index (κ2) is 11.0. The van der Waals surface area contributed by atoms with Crippen LogP contribution in [-0.4, -0.2) is 0 Å². The summed E-state index contributed by atoms with van der Waals surface area (Å²) in [6, 6.07) is 62.0. The van der Waals surface area contributed by atoms with Crippen molar-refractivity contribution in [2.45, 2.75) is 0 Å². The Kier molecular flexibility index (Phi) is 6.18. The molecule has 0 N–H and O–H groups in total. The molecule has 0 unspecified atom stereocenters. The second-order valence-corrected chi connectivity index (χ2v) is 12.5. The maximum Gasteiger partial charge on any atom is 0.145 e. The Labute approximate surface area is 282 Å². The van der Waals surface area contributed by atoms with Gasteiger partial charge < -0.3 is 13.7 Å². The normalized spacial score (nSPS) is 11.7. The molecule has 0 spiro atoms. The molecule has 0 aliphatic carbocycles. The van der Waals surface area contributed by atoms with E-state index in [9.17, 15) is 0 Å². The van der Waals surface area contributed by atoms with Crippen LogP contribution in [0, 0.1) is 0 Å². The second-order valence-electron chi connectivity index (χ2n) is 12.5. The highest BCUT2D eigenvalue weighted by Crippen LogP contribution is 2.49. The van der Waals surface area contributed by atoms with Crippen LogP contribution in [-0.2, 0) is 0 Å². The largest absolute Gasteiger partial charge is 0.456 e. The summed E-state index contributed by atoms with van der Waals surface area (Å²) in [4.78, 5) is 2.34. The quantitative estimate of drug-likeness (QED) is 0.190. The van der Waals surface area contributed by atoms with Crippen LogP contribution < -0.4 is 4.90 Å². The highest BCUT2D eigenvalue weighted by Gasteiger charge is 2.24. The van der Waals surface area contributed by atoms with Crippen molar-refractivity contribution in [1.82, 2.24) is 0 Å². The molecule has 0 radical (unpaired) electrons. The summed E-state index contributed by atoms with van der Waals surface area (Å²) < 4.78 is 13.3. The predicted molar refractivity (Wildman–Crippen MR) is 204 cm³/mol. The fourth-order valence-electron chi connectivity index (χ4n) is 7.38. The molecule has 10 rings (SSSR count). The summed E-state index contributed by atoms with van der Waals surface area (Å²) in [5.41, 5.74) is 11.1. The molecule has 49 heavy (non-hydrogen) atoms. The lowest BCUT2D eigenvalue weighted by molar-refractivity contribution is 0.663. The van der Waals surface area contributed by atoms with Crippen molar-refractivity contribution in [1.29, 1.82) is 0 Å². The smallest absolute Gasteiger partial charge is 0.145 e. The van der Waals surface area contributed by atoms with Crippen LogP contribution >= 0.6 is 0 Å². The molecule has 2 aromatic heterocycles. The molecule has 0 aliphatic heterocycles. The standard InChI is InChI=1S/C46H29NO2/c1-3-11-30(12-4-1)32-21-23-36(24-22-32)47(35-15-5-2-6-16-35)39-26-25-38-45-42(28-27-41-44(45)37-17-9-10-18-40(37)48-41)49-46(38)43(39)34-20-19-31-13-7-8-14-33(31)29-34/h1-29H. The van der Waals surface area contributed by atoms with Crippen LogP contribution in [0.1, 0.15) is 0 Å². The molecule has 0 fully saturated rings. The highest BCUT2D eigenvalue weighted by atomic mass is 16.3. The van der Waals surface area contributed by atoms with Gasteiger partial charge in [0.25, 0.3) is 0 Å². The number of hydrogen-bond donors (Lipinski definition) is 0. The van der Waals surface area contributed by atoms with Crippen molar-refractivity contribution < 1.29 is 8.83 Å². The molecule has 0 saturated heterocycles. The minimum atomic E-state index is 0.840. The molecule has 0 bridgehead atoms. The van der Waals surface area contributed by atoms with Crippen molar-refractivity contribution >= 4 is 71.7 Å². The molecule has 0 saturated carbocycles. The van der Waals surface area contributed by atoms with E-state index in [4.69, 9.17) is 8.83 Å². The third kappa shape index (κ3) is 4.44. The first-order valence-corrected chi connectivity index (χ1v) is 16.6. The minimum Gasteiger partial charge on any atom is -0.456 e. The van der Waals surface area contributed by atoms with Gasteiger partial charge in [-0.2, -0.15) is 0 Å². The van der Waals surface area contributed by atoms with Gasteiger partial charge in [-0.25, -0.2) is 0 Å². The van der Waals surface area contributed by atoms with E-state index in [0.717, 1.165) is 72.1 Å². The molecular weight excluding hydrogens is 599 g/mol. The van der Waals surface area contributed by atoms with Gasteiger partial charge in [0.05, 0.1) is 5.69 Å². The van der Waals surface area contributed by atoms with E-state index in [2.05, 4.69) is 157 Å². The monoisotopic (exact) mass is 627 g/mol. The number of rotatable bonds is 5. The van der Waals surface area contributed by atoms with Gasteiger partial charge in [-0.15, -0.1) is 0 Å². The maximum absolute atomic E-state index is 6.95. The lowest BCUT2D eigenvalue weighted by Crippen LogP contribution is -2.11. The molecule has 8 aromatic carbocycles. The summed E-state index contributed by atoms with van der Waals surface area (Å²) in [6.07, 6.45) is 0. The third-order valence-electron chi connectivity index (χ3n) is 9.65. The first-order chi connectivity index (χ1) is 24.3.